The van der Waals surface area contributed by atoms with Crippen molar-refractivity contribution < 1.29 is 64.6 Å². The van der Waals surface area contributed by atoms with Crippen LogP contribution in [-0.2, 0) is 23.7 Å². The first-order chi connectivity index (χ1) is 18.6. The van der Waals surface area contributed by atoms with E-state index in [1.165, 1.54) is 18.4 Å². The molecule has 13 atom stereocenters. The molecule has 3 heterocycles. The standard InChI is InChI=1S/C26H34O13/c27-11-3-1-10(2-4-11)13-7-36-24-12(18(13)30)5-6-14(28)17(24)25-22(34)21(33)20(32)16(39-25)9-38-26-23(35)19(31)15(29)8-37-26/h1-4,7,12,14-17,19-29,31-35H,5-6,8-9H2/t12?,14?,15-,16-,17?,19+,20-,21+,22-,23-,24?,25+,26+/m1/s1. The molecule has 3 fully saturated rings. The number of Topliss-reactive ketones (excluding diaryl/α,β-unsaturated/α-hetero) is 1. The van der Waals surface area contributed by atoms with Crippen LogP contribution >= 0.6 is 0 Å². The van der Waals surface area contributed by atoms with Gasteiger partial charge in [-0.25, -0.2) is 0 Å². The van der Waals surface area contributed by atoms with Gasteiger partial charge in [0, 0.05) is 0 Å². The highest BCUT2D eigenvalue weighted by atomic mass is 16.7. The number of hydrogen-bond donors (Lipinski definition) is 8. The van der Waals surface area contributed by atoms with E-state index in [0.717, 1.165) is 0 Å². The molecule has 39 heavy (non-hydrogen) atoms. The first-order valence-electron chi connectivity index (χ1n) is 12.9. The number of hydrogen-bond acceptors (Lipinski definition) is 13. The van der Waals surface area contributed by atoms with E-state index in [2.05, 4.69) is 0 Å². The topological polar surface area (TPSA) is 216 Å². The molecule has 4 aliphatic rings. The molecule has 0 amide bonds. The number of phenols is 1. The van der Waals surface area contributed by atoms with Gasteiger partial charge in [-0.15, -0.1) is 0 Å². The zero-order valence-electron chi connectivity index (χ0n) is 20.8. The summed E-state index contributed by atoms with van der Waals surface area (Å²) in [5.74, 6) is -1.83. The van der Waals surface area contributed by atoms with Crippen LogP contribution < -0.4 is 0 Å². The van der Waals surface area contributed by atoms with Crippen LogP contribution in [0, 0.1) is 11.8 Å². The minimum atomic E-state index is -1.70. The molecule has 13 heteroatoms. The van der Waals surface area contributed by atoms with Crippen LogP contribution in [0.15, 0.2) is 30.5 Å². The summed E-state index contributed by atoms with van der Waals surface area (Å²) in [6.45, 7) is -0.739. The highest BCUT2D eigenvalue weighted by Crippen LogP contribution is 2.43. The second-order valence-corrected chi connectivity index (χ2v) is 10.6. The maximum absolute atomic E-state index is 13.4. The molecule has 13 nitrogen and oxygen atoms in total. The number of ketones is 1. The van der Waals surface area contributed by atoms with Gasteiger partial charge in [0.15, 0.2) is 12.1 Å². The lowest BCUT2D eigenvalue weighted by Crippen LogP contribution is -2.65. The van der Waals surface area contributed by atoms with Crippen LogP contribution in [0.2, 0.25) is 0 Å². The molecular weight excluding hydrogens is 520 g/mol. The first kappa shape index (κ1) is 28.4. The molecule has 1 aliphatic carbocycles. The van der Waals surface area contributed by atoms with E-state index in [4.69, 9.17) is 18.9 Å². The number of aliphatic hydroxyl groups excluding tert-OH is 7. The van der Waals surface area contributed by atoms with Crippen molar-refractivity contribution in [1.82, 2.24) is 0 Å². The van der Waals surface area contributed by atoms with Crippen molar-refractivity contribution in [2.75, 3.05) is 13.2 Å². The molecule has 8 N–H and O–H groups in total. The highest BCUT2D eigenvalue weighted by molar-refractivity contribution is 6.22. The maximum atomic E-state index is 13.4. The van der Waals surface area contributed by atoms with Crippen molar-refractivity contribution in [2.45, 2.75) is 80.2 Å². The Hall–Kier alpha value is -2.17. The second kappa shape index (κ2) is 11.4. The first-order valence-corrected chi connectivity index (χ1v) is 12.9. The number of aliphatic hydroxyl groups is 7. The number of benzene rings is 1. The lowest BCUT2D eigenvalue weighted by atomic mass is 9.68. The summed E-state index contributed by atoms with van der Waals surface area (Å²) < 4.78 is 22.5. The Balaban J connectivity index is 1.33. The van der Waals surface area contributed by atoms with Crippen molar-refractivity contribution in [3.63, 3.8) is 0 Å². The number of carbonyl (C=O) groups is 1. The lowest BCUT2D eigenvalue weighted by molar-refractivity contribution is -0.299. The highest BCUT2D eigenvalue weighted by Gasteiger charge is 2.55. The molecule has 0 bridgehead atoms. The molecule has 0 radical (unpaired) electrons. The predicted octanol–water partition coefficient (Wildman–Crippen LogP) is -2.61. The zero-order chi connectivity index (χ0) is 28.0. The molecule has 216 valence electrons. The van der Waals surface area contributed by atoms with Gasteiger partial charge in [-0.2, -0.15) is 0 Å². The van der Waals surface area contributed by atoms with Gasteiger partial charge in [-0.3, -0.25) is 4.79 Å². The van der Waals surface area contributed by atoms with Gasteiger partial charge < -0.3 is 59.8 Å². The van der Waals surface area contributed by atoms with Crippen LogP contribution in [-0.4, -0.2) is 127 Å². The zero-order valence-corrected chi connectivity index (χ0v) is 20.8. The summed E-state index contributed by atoms with van der Waals surface area (Å²) in [6.07, 6.45) is -13.4. The number of phenolic OH excluding ortho intramolecular Hbond substituents is 1. The molecule has 1 saturated carbocycles. The van der Waals surface area contributed by atoms with Crippen LogP contribution in [0.4, 0.5) is 0 Å². The van der Waals surface area contributed by atoms with Crippen LogP contribution in [0.1, 0.15) is 18.4 Å². The number of rotatable bonds is 5. The van der Waals surface area contributed by atoms with E-state index in [0.29, 0.717) is 17.6 Å². The Morgan fingerprint density at radius 3 is 2.26 bits per heavy atom. The summed E-state index contributed by atoms with van der Waals surface area (Å²) in [5.41, 5.74) is 0.852. The van der Waals surface area contributed by atoms with E-state index in [-0.39, 0.29) is 24.6 Å². The Bertz CT molecular complexity index is 1050. The molecule has 2 saturated heterocycles. The molecule has 5 rings (SSSR count). The monoisotopic (exact) mass is 554 g/mol. The fourth-order valence-electron chi connectivity index (χ4n) is 5.87. The fraction of sp³-hybridized carbons (Fsp3) is 0.654. The van der Waals surface area contributed by atoms with Gasteiger partial charge in [0.05, 0.1) is 49.1 Å². The summed E-state index contributed by atoms with van der Waals surface area (Å²) in [7, 11) is 0. The molecule has 1 aromatic rings. The van der Waals surface area contributed by atoms with E-state index in [1.807, 2.05) is 0 Å². The van der Waals surface area contributed by atoms with Crippen molar-refractivity contribution in [3.05, 3.63) is 36.1 Å². The number of ether oxygens (including phenoxy) is 4. The van der Waals surface area contributed by atoms with Crippen LogP contribution in [0.5, 0.6) is 5.75 Å². The van der Waals surface area contributed by atoms with Gasteiger partial charge in [0.25, 0.3) is 0 Å². The number of fused-ring (bicyclic) bond motifs is 1. The lowest BCUT2D eigenvalue weighted by Gasteiger charge is -2.50. The van der Waals surface area contributed by atoms with Gasteiger partial charge in [0.2, 0.25) is 0 Å². The quantitative estimate of drug-likeness (QED) is 0.188. The van der Waals surface area contributed by atoms with Crippen LogP contribution in [0.25, 0.3) is 5.57 Å². The second-order valence-electron chi connectivity index (χ2n) is 10.6. The Labute approximate surface area is 223 Å². The summed E-state index contributed by atoms with van der Waals surface area (Å²) in [5, 5.41) is 82.1. The average Bonchev–Trinajstić information content (AvgIpc) is 2.92. The van der Waals surface area contributed by atoms with Crippen molar-refractivity contribution in [3.8, 4) is 5.75 Å². The molecule has 4 unspecified atom stereocenters. The van der Waals surface area contributed by atoms with Crippen molar-refractivity contribution >= 4 is 11.4 Å². The average molecular weight is 555 g/mol. The van der Waals surface area contributed by atoms with Gasteiger partial charge in [0.1, 0.15) is 54.6 Å². The van der Waals surface area contributed by atoms with E-state index in [1.54, 1.807) is 12.1 Å². The summed E-state index contributed by atoms with van der Waals surface area (Å²) in [6, 6.07) is 6.07. The van der Waals surface area contributed by atoms with E-state index >= 15 is 0 Å². The van der Waals surface area contributed by atoms with E-state index in [9.17, 15) is 45.6 Å². The number of allylic oxidation sites excluding steroid dienone is 1. The van der Waals surface area contributed by atoms with Crippen molar-refractivity contribution in [2.24, 2.45) is 11.8 Å². The third-order valence-corrected chi connectivity index (χ3v) is 8.12. The maximum Gasteiger partial charge on any atom is 0.186 e. The number of aromatic hydroxyl groups is 1. The van der Waals surface area contributed by atoms with E-state index < -0.39 is 85.8 Å². The number of carbonyl (C=O) groups excluding carboxylic acids is 1. The third kappa shape index (κ3) is 5.32. The van der Waals surface area contributed by atoms with Gasteiger partial charge in [-0.1, -0.05) is 12.1 Å². The fourth-order valence-corrected chi connectivity index (χ4v) is 5.87. The Morgan fingerprint density at radius 1 is 0.821 bits per heavy atom. The molecular formula is C26H34O13. The summed E-state index contributed by atoms with van der Waals surface area (Å²) in [4.78, 5) is 13.4. The largest absolute Gasteiger partial charge is 0.508 e. The molecule has 0 spiro atoms. The predicted molar refractivity (Wildman–Crippen MR) is 129 cm³/mol. The molecule has 0 aromatic heterocycles. The SMILES string of the molecule is O=C1C(c2ccc(O)cc2)=COC2C1CCC(O)C2[C@@H]1O[C@H](CO[C@@H]2OC[C@@H](O)[C@H](O)[C@H]2O)[C@@H](O)[C@H](O)[C@H]1O. The molecule has 1 aromatic carbocycles. The Morgan fingerprint density at radius 2 is 1.54 bits per heavy atom. The minimum Gasteiger partial charge on any atom is -0.508 e. The third-order valence-electron chi connectivity index (χ3n) is 8.12. The van der Waals surface area contributed by atoms with Gasteiger partial charge in [-0.05, 0) is 30.5 Å². The summed E-state index contributed by atoms with van der Waals surface area (Å²) >= 11 is 0. The van der Waals surface area contributed by atoms with Crippen LogP contribution in [0.3, 0.4) is 0 Å². The van der Waals surface area contributed by atoms with Gasteiger partial charge >= 0.3 is 0 Å². The smallest absolute Gasteiger partial charge is 0.186 e. The normalized spacial score (nSPS) is 44.7. The molecule has 3 aliphatic heterocycles. The Kier molecular flexibility index (Phi) is 8.27. The van der Waals surface area contributed by atoms with Crippen molar-refractivity contribution in [1.29, 1.82) is 0 Å². The minimum absolute atomic E-state index is 0.0447.